The van der Waals surface area contributed by atoms with E-state index in [0.717, 1.165) is 0 Å². The van der Waals surface area contributed by atoms with Crippen LogP contribution in [0.5, 0.6) is 0 Å². The predicted molar refractivity (Wildman–Crippen MR) is 63.3 cm³/mol. The van der Waals surface area contributed by atoms with E-state index in [-0.39, 0.29) is 5.56 Å². The summed E-state index contributed by atoms with van der Waals surface area (Å²) in [5.74, 6) is -0.955. The summed E-state index contributed by atoms with van der Waals surface area (Å²) in [4.78, 5) is 11.5. The second-order valence-corrected chi connectivity index (χ2v) is 3.79. The second-order valence-electron chi connectivity index (χ2n) is 3.79. The molecule has 17 heavy (non-hydrogen) atoms. The van der Waals surface area contributed by atoms with Crippen LogP contribution in [0, 0.1) is 5.82 Å². The van der Waals surface area contributed by atoms with Crippen molar-refractivity contribution >= 4 is 5.91 Å². The molecule has 0 aliphatic heterocycles. The van der Waals surface area contributed by atoms with Gasteiger partial charge in [-0.15, -0.1) is 0 Å². The van der Waals surface area contributed by atoms with Gasteiger partial charge in [0.25, 0.3) is 5.91 Å². The molecule has 4 nitrogen and oxygen atoms in total. The first kappa shape index (κ1) is 13.6. The van der Waals surface area contributed by atoms with Gasteiger partial charge in [0.15, 0.2) is 0 Å². The zero-order valence-electron chi connectivity index (χ0n) is 9.74. The number of rotatable bonds is 6. The van der Waals surface area contributed by atoms with Gasteiger partial charge < -0.3 is 15.7 Å². The summed E-state index contributed by atoms with van der Waals surface area (Å²) in [6.45, 7) is 3.06. The quantitative estimate of drug-likeness (QED) is 0.635. The molecule has 0 aromatic heterocycles. The predicted octanol–water partition coefficient (Wildman–Crippen LogP) is 0.526. The topological polar surface area (TPSA) is 61.4 Å². The van der Waals surface area contributed by atoms with Crippen molar-refractivity contribution in [2.75, 3.05) is 19.6 Å². The van der Waals surface area contributed by atoms with Crippen LogP contribution in [0.3, 0.4) is 0 Å². The average Bonchev–Trinajstić information content (AvgIpc) is 2.28. The molecule has 0 bridgehead atoms. The van der Waals surface area contributed by atoms with Gasteiger partial charge in [-0.05, 0) is 19.1 Å². The van der Waals surface area contributed by atoms with E-state index in [0.29, 0.717) is 19.6 Å². The number of halogens is 1. The highest BCUT2D eigenvalue weighted by molar-refractivity contribution is 5.94. The van der Waals surface area contributed by atoms with Crippen molar-refractivity contribution < 1.29 is 14.3 Å². The number of hydrogen-bond donors (Lipinski definition) is 3. The molecule has 0 aliphatic carbocycles. The van der Waals surface area contributed by atoms with E-state index in [1.54, 1.807) is 13.0 Å². The molecule has 0 radical (unpaired) electrons. The average molecular weight is 240 g/mol. The van der Waals surface area contributed by atoms with Crippen molar-refractivity contribution in [3.05, 3.63) is 35.6 Å². The summed E-state index contributed by atoms with van der Waals surface area (Å²) >= 11 is 0. The van der Waals surface area contributed by atoms with Crippen LogP contribution >= 0.6 is 0 Å². The number of aliphatic hydroxyl groups is 1. The Morgan fingerprint density at radius 2 is 2.12 bits per heavy atom. The van der Waals surface area contributed by atoms with E-state index in [1.807, 2.05) is 0 Å². The van der Waals surface area contributed by atoms with Crippen molar-refractivity contribution in [2.24, 2.45) is 0 Å². The van der Waals surface area contributed by atoms with Crippen molar-refractivity contribution in [1.82, 2.24) is 10.6 Å². The summed E-state index contributed by atoms with van der Waals surface area (Å²) in [5, 5.41) is 14.5. The van der Waals surface area contributed by atoms with Gasteiger partial charge in [-0.25, -0.2) is 4.39 Å². The molecule has 1 aromatic rings. The first-order valence-electron chi connectivity index (χ1n) is 5.52. The molecule has 1 atom stereocenters. The van der Waals surface area contributed by atoms with Crippen molar-refractivity contribution in [1.29, 1.82) is 0 Å². The number of benzene rings is 1. The Kier molecular flexibility index (Phi) is 5.59. The first-order valence-corrected chi connectivity index (χ1v) is 5.52. The van der Waals surface area contributed by atoms with Gasteiger partial charge in [-0.3, -0.25) is 4.79 Å². The number of carbonyl (C=O) groups is 1. The van der Waals surface area contributed by atoms with Crippen LogP contribution in [-0.4, -0.2) is 36.8 Å². The molecule has 5 heteroatoms. The maximum atomic E-state index is 13.2. The summed E-state index contributed by atoms with van der Waals surface area (Å²) < 4.78 is 13.2. The molecule has 1 amide bonds. The molecule has 0 aliphatic rings. The maximum Gasteiger partial charge on any atom is 0.254 e. The molecule has 0 heterocycles. The fraction of sp³-hybridized carbons (Fsp3) is 0.417. The van der Waals surface area contributed by atoms with Crippen LogP contribution in [0.1, 0.15) is 17.3 Å². The minimum absolute atomic E-state index is 0.0445. The summed E-state index contributed by atoms with van der Waals surface area (Å²) in [5.41, 5.74) is 0.0445. The Morgan fingerprint density at radius 3 is 2.76 bits per heavy atom. The van der Waals surface area contributed by atoms with Crippen LogP contribution in [0.4, 0.5) is 4.39 Å². The highest BCUT2D eigenvalue weighted by Gasteiger charge is 2.09. The summed E-state index contributed by atoms with van der Waals surface area (Å²) in [6, 6.07) is 5.84. The molecule has 3 N–H and O–H groups in total. The number of carbonyl (C=O) groups excluding carboxylic acids is 1. The third-order valence-corrected chi connectivity index (χ3v) is 2.15. The Balaban J connectivity index is 2.29. The van der Waals surface area contributed by atoms with Gasteiger partial charge in [0.05, 0.1) is 11.7 Å². The Morgan fingerprint density at radius 1 is 1.41 bits per heavy atom. The molecule has 0 saturated heterocycles. The standard InChI is InChI=1S/C12H17FN2O2/c1-9(16)8-14-6-7-15-12(17)10-4-2-3-5-11(10)13/h2-5,9,14,16H,6-8H2,1H3,(H,15,17). The smallest absolute Gasteiger partial charge is 0.254 e. The van der Waals surface area contributed by atoms with Crippen molar-refractivity contribution in [3.8, 4) is 0 Å². The van der Waals surface area contributed by atoms with E-state index >= 15 is 0 Å². The number of amides is 1. The van der Waals surface area contributed by atoms with E-state index < -0.39 is 17.8 Å². The third kappa shape index (κ3) is 4.93. The van der Waals surface area contributed by atoms with E-state index in [4.69, 9.17) is 5.11 Å². The Hall–Kier alpha value is -1.46. The third-order valence-electron chi connectivity index (χ3n) is 2.15. The van der Waals surface area contributed by atoms with Crippen LogP contribution in [0.15, 0.2) is 24.3 Å². The fourth-order valence-electron chi connectivity index (χ4n) is 1.32. The monoisotopic (exact) mass is 240 g/mol. The normalized spacial score (nSPS) is 12.2. The molecule has 94 valence electrons. The van der Waals surface area contributed by atoms with E-state index in [2.05, 4.69) is 10.6 Å². The zero-order valence-corrected chi connectivity index (χ0v) is 9.74. The lowest BCUT2D eigenvalue weighted by molar-refractivity contribution is 0.0949. The Labute approximate surface area is 99.8 Å². The van der Waals surface area contributed by atoms with Gasteiger partial charge in [-0.2, -0.15) is 0 Å². The summed E-state index contributed by atoms with van der Waals surface area (Å²) in [7, 11) is 0. The van der Waals surface area contributed by atoms with Crippen LogP contribution < -0.4 is 10.6 Å². The summed E-state index contributed by atoms with van der Waals surface area (Å²) in [6.07, 6.45) is -0.419. The molecule has 0 fully saturated rings. The molecule has 0 saturated carbocycles. The number of hydrogen-bond acceptors (Lipinski definition) is 3. The molecule has 0 spiro atoms. The van der Waals surface area contributed by atoms with E-state index in [9.17, 15) is 9.18 Å². The largest absolute Gasteiger partial charge is 0.392 e. The van der Waals surface area contributed by atoms with Gasteiger partial charge in [-0.1, -0.05) is 12.1 Å². The Bertz CT molecular complexity index is 369. The minimum Gasteiger partial charge on any atom is -0.392 e. The highest BCUT2D eigenvalue weighted by atomic mass is 19.1. The van der Waals surface area contributed by atoms with Gasteiger partial charge in [0.1, 0.15) is 5.82 Å². The lowest BCUT2D eigenvalue weighted by Gasteiger charge is -2.08. The zero-order chi connectivity index (χ0) is 12.7. The fourth-order valence-corrected chi connectivity index (χ4v) is 1.32. The van der Waals surface area contributed by atoms with Crippen molar-refractivity contribution in [2.45, 2.75) is 13.0 Å². The number of nitrogens with one attached hydrogen (secondary N) is 2. The maximum absolute atomic E-state index is 13.2. The highest BCUT2D eigenvalue weighted by Crippen LogP contribution is 2.05. The molecule has 1 unspecified atom stereocenters. The minimum atomic E-state index is -0.526. The molecule has 1 aromatic carbocycles. The molecular weight excluding hydrogens is 223 g/mol. The molecular formula is C12H17FN2O2. The van der Waals surface area contributed by atoms with E-state index in [1.165, 1.54) is 18.2 Å². The first-order chi connectivity index (χ1) is 8.11. The van der Waals surface area contributed by atoms with Crippen LogP contribution in [0.2, 0.25) is 0 Å². The van der Waals surface area contributed by atoms with Crippen LogP contribution in [0.25, 0.3) is 0 Å². The lowest BCUT2D eigenvalue weighted by Crippen LogP contribution is -2.34. The lowest BCUT2D eigenvalue weighted by atomic mass is 10.2. The molecule has 1 rings (SSSR count). The number of aliphatic hydroxyl groups excluding tert-OH is 1. The van der Waals surface area contributed by atoms with Crippen molar-refractivity contribution in [3.63, 3.8) is 0 Å². The van der Waals surface area contributed by atoms with Crippen LogP contribution in [-0.2, 0) is 0 Å². The van der Waals surface area contributed by atoms with Gasteiger partial charge in [0, 0.05) is 19.6 Å². The second kappa shape index (κ2) is 6.98. The van der Waals surface area contributed by atoms with Gasteiger partial charge in [0.2, 0.25) is 0 Å². The van der Waals surface area contributed by atoms with Gasteiger partial charge >= 0.3 is 0 Å². The SMILES string of the molecule is CC(O)CNCCNC(=O)c1ccccc1F.